The Bertz CT molecular complexity index is 244. The molecule has 84 valence electrons. The van der Waals surface area contributed by atoms with Crippen LogP contribution in [0.2, 0.25) is 0 Å². The van der Waals surface area contributed by atoms with Crippen LogP contribution in [-0.4, -0.2) is 18.3 Å². The summed E-state index contributed by atoms with van der Waals surface area (Å²) in [5.41, 5.74) is 0. The van der Waals surface area contributed by atoms with Gasteiger partial charge in [0, 0.05) is 24.5 Å². The van der Waals surface area contributed by atoms with E-state index in [1.807, 2.05) is 6.92 Å². The van der Waals surface area contributed by atoms with E-state index in [4.69, 9.17) is 4.74 Å². The molecule has 0 aliphatic carbocycles. The van der Waals surface area contributed by atoms with Crippen LogP contribution in [-0.2, 0) is 9.53 Å². The Morgan fingerprint density at radius 1 is 1.47 bits per heavy atom. The normalized spacial score (nSPS) is 11.1. The van der Waals surface area contributed by atoms with Crippen LogP contribution in [0.3, 0.4) is 0 Å². The summed E-state index contributed by atoms with van der Waals surface area (Å²) in [6, 6.07) is 0. The molecule has 0 saturated carbocycles. The molecule has 0 unspecified atom stereocenters. The Kier molecular flexibility index (Phi) is 9.22. The Morgan fingerprint density at radius 3 is 2.73 bits per heavy atom. The molecule has 0 N–H and O–H groups in total. The van der Waals surface area contributed by atoms with Crippen molar-refractivity contribution in [1.29, 1.82) is 0 Å². The third-order valence-electron chi connectivity index (χ3n) is 1.59. The zero-order valence-electron chi connectivity index (χ0n) is 9.20. The van der Waals surface area contributed by atoms with E-state index in [-0.39, 0.29) is 5.12 Å². The van der Waals surface area contributed by atoms with E-state index in [9.17, 15) is 4.79 Å². The first-order chi connectivity index (χ1) is 7.24. The van der Waals surface area contributed by atoms with Gasteiger partial charge in [-0.3, -0.25) is 4.79 Å². The van der Waals surface area contributed by atoms with Gasteiger partial charge in [-0.15, -0.1) is 0 Å². The fraction of sp³-hybridized carbons (Fsp3) is 0.417. The lowest BCUT2D eigenvalue weighted by molar-refractivity contribution is -0.111. The van der Waals surface area contributed by atoms with Crippen molar-refractivity contribution >= 4 is 16.9 Å². The molecule has 0 spiro atoms. The van der Waals surface area contributed by atoms with Gasteiger partial charge in [-0.1, -0.05) is 37.1 Å². The number of thioether (sulfide) groups is 1. The van der Waals surface area contributed by atoms with Crippen LogP contribution in [0.4, 0.5) is 0 Å². The molecule has 0 radical (unpaired) electrons. The molecule has 0 amide bonds. The highest BCUT2D eigenvalue weighted by Crippen LogP contribution is 2.19. The van der Waals surface area contributed by atoms with Gasteiger partial charge in [0.15, 0.2) is 5.12 Å². The molecule has 0 aromatic rings. The fourth-order valence-electron chi connectivity index (χ4n) is 0.905. The Labute approximate surface area is 96.1 Å². The van der Waals surface area contributed by atoms with Crippen molar-refractivity contribution in [2.45, 2.75) is 19.8 Å². The first-order valence-electron chi connectivity index (χ1n) is 4.98. The number of carbonyl (C=O) groups is 1. The third kappa shape index (κ3) is 8.21. The van der Waals surface area contributed by atoms with Crippen molar-refractivity contribution < 1.29 is 9.53 Å². The van der Waals surface area contributed by atoms with Crippen molar-refractivity contribution in [2.24, 2.45) is 0 Å². The largest absolute Gasteiger partial charge is 0.382 e. The molecule has 0 aromatic carbocycles. The maximum absolute atomic E-state index is 11.4. The van der Waals surface area contributed by atoms with E-state index >= 15 is 0 Å². The maximum atomic E-state index is 11.4. The van der Waals surface area contributed by atoms with Gasteiger partial charge >= 0.3 is 0 Å². The summed E-state index contributed by atoms with van der Waals surface area (Å²) in [4.78, 5) is 12.3. The van der Waals surface area contributed by atoms with E-state index in [0.717, 1.165) is 11.3 Å². The van der Waals surface area contributed by atoms with Crippen LogP contribution in [0.25, 0.3) is 0 Å². The van der Waals surface area contributed by atoms with Crippen LogP contribution < -0.4 is 0 Å². The van der Waals surface area contributed by atoms with Crippen LogP contribution >= 0.6 is 11.8 Å². The summed E-state index contributed by atoms with van der Waals surface area (Å²) in [5.74, 6) is 0. The van der Waals surface area contributed by atoms with Gasteiger partial charge in [-0.2, -0.15) is 0 Å². The highest BCUT2D eigenvalue weighted by Gasteiger charge is 2.04. The van der Waals surface area contributed by atoms with Crippen LogP contribution in [0.15, 0.2) is 36.3 Å². The number of carbonyl (C=O) groups excluding carboxylic acids is 1. The number of allylic oxidation sites excluding steroid dienone is 3. The van der Waals surface area contributed by atoms with Gasteiger partial charge in [-0.25, -0.2) is 0 Å². The zero-order chi connectivity index (χ0) is 11.5. The summed E-state index contributed by atoms with van der Waals surface area (Å²) >= 11 is 1.20. The average Bonchev–Trinajstić information content (AvgIpc) is 2.24. The van der Waals surface area contributed by atoms with Crippen molar-refractivity contribution in [2.75, 3.05) is 13.2 Å². The molecule has 0 aromatic heterocycles. The second kappa shape index (κ2) is 9.74. The van der Waals surface area contributed by atoms with E-state index in [2.05, 4.69) is 13.2 Å². The number of hydrogen-bond donors (Lipinski definition) is 0. The van der Waals surface area contributed by atoms with Crippen molar-refractivity contribution in [3.05, 3.63) is 36.3 Å². The Morgan fingerprint density at radius 2 is 2.20 bits per heavy atom. The van der Waals surface area contributed by atoms with E-state index in [0.29, 0.717) is 19.6 Å². The van der Waals surface area contributed by atoms with Crippen LogP contribution in [0.5, 0.6) is 0 Å². The first-order valence-corrected chi connectivity index (χ1v) is 5.79. The van der Waals surface area contributed by atoms with Crippen molar-refractivity contribution in [3.8, 4) is 0 Å². The smallest absolute Gasteiger partial charge is 0.193 e. The minimum atomic E-state index is 0.141. The van der Waals surface area contributed by atoms with Gasteiger partial charge in [0.2, 0.25) is 0 Å². The SMILES string of the molecule is C=C/C=C(\C=C)SC(=O)CCCOCC. The molecular weight excluding hydrogens is 208 g/mol. The number of rotatable bonds is 8. The van der Waals surface area contributed by atoms with Crippen LogP contribution in [0.1, 0.15) is 19.8 Å². The van der Waals surface area contributed by atoms with E-state index in [1.54, 1.807) is 18.2 Å². The zero-order valence-corrected chi connectivity index (χ0v) is 10.0. The van der Waals surface area contributed by atoms with Crippen LogP contribution in [0, 0.1) is 0 Å². The molecule has 0 aliphatic heterocycles. The van der Waals surface area contributed by atoms with Crippen molar-refractivity contribution in [1.82, 2.24) is 0 Å². The molecule has 0 heterocycles. The molecule has 0 aliphatic rings. The summed E-state index contributed by atoms with van der Waals surface area (Å²) in [5, 5.41) is 0.141. The maximum Gasteiger partial charge on any atom is 0.193 e. The molecule has 0 atom stereocenters. The molecule has 2 nitrogen and oxygen atoms in total. The summed E-state index contributed by atoms with van der Waals surface area (Å²) in [6.45, 7) is 10.5. The van der Waals surface area contributed by atoms with Gasteiger partial charge in [0.25, 0.3) is 0 Å². The monoisotopic (exact) mass is 226 g/mol. The minimum absolute atomic E-state index is 0.141. The summed E-state index contributed by atoms with van der Waals surface area (Å²) in [6.07, 6.45) is 6.40. The molecular formula is C12H18O2S. The lowest BCUT2D eigenvalue weighted by atomic mass is 10.3. The minimum Gasteiger partial charge on any atom is -0.382 e. The van der Waals surface area contributed by atoms with E-state index in [1.165, 1.54) is 11.8 Å². The van der Waals surface area contributed by atoms with Gasteiger partial charge in [0.05, 0.1) is 0 Å². The highest BCUT2D eigenvalue weighted by atomic mass is 32.2. The Hall–Kier alpha value is -0.800. The summed E-state index contributed by atoms with van der Waals surface area (Å²) in [7, 11) is 0. The molecule has 15 heavy (non-hydrogen) atoms. The van der Waals surface area contributed by atoms with E-state index < -0.39 is 0 Å². The fourth-order valence-corrected chi connectivity index (χ4v) is 1.66. The van der Waals surface area contributed by atoms with Gasteiger partial charge < -0.3 is 4.74 Å². The Balaban J connectivity index is 3.76. The standard InChI is InChI=1S/C12H18O2S/c1-4-8-11(5-2)15-12(13)9-7-10-14-6-3/h4-5,8H,1-2,6-7,9-10H2,3H3/b11-8+. The number of ether oxygens (including phenoxy) is 1. The predicted molar refractivity (Wildman–Crippen MR) is 66.8 cm³/mol. The lowest BCUT2D eigenvalue weighted by Gasteiger charge is -2.01. The molecule has 0 saturated heterocycles. The quantitative estimate of drug-likeness (QED) is 0.469. The number of hydrogen-bond acceptors (Lipinski definition) is 3. The third-order valence-corrected chi connectivity index (χ3v) is 2.56. The van der Waals surface area contributed by atoms with Crippen molar-refractivity contribution in [3.63, 3.8) is 0 Å². The van der Waals surface area contributed by atoms with Gasteiger partial charge in [0.1, 0.15) is 0 Å². The highest BCUT2D eigenvalue weighted by molar-refractivity contribution is 8.17. The molecule has 0 bridgehead atoms. The lowest BCUT2D eigenvalue weighted by Crippen LogP contribution is -1.98. The topological polar surface area (TPSA) is 26.3 Å². The molecule has 0 rings (SSSR count). The summed E-state index contributed by atoms with van der Waals surface area (Å²) < 4.78 is 5.15. The van der Waals surface area contributed by atoms with Gasteiger partial charge in [-0.05, 0) is 19.4 Å². The average molecular weight is 226 g/mol. The molecule has 0 fully saturated rings. The second-order valence-corrected chi connectivity index (χ2v) is 3.91. The first kappa shape index (κ1) is 14.2. The second-order valence-electron chi connectivity index (χ2n) is 2.78. The predicted octanol–water partition coefficient (Wildman–Crippen LogP) is 3.32. The molecule has 3 heteroatoms.